The van der Waals surface area contributed by atoms with Crippen molar-refractivity contribution in [2.45, 2.75) is 19.5 Å². The number of aliphatic carboxylic acids is 1. The minimum absolute atomic E-state index is 0.0625. The van der Waals surface area contributed by atoms with Gasteiger partial charge in [0.25, 0.3) is 0 Å². The summed E-state index contributed by atoms with van der Waals surface area (Å²) in [5.74, 6) is -2.05. The second kappa shape index (κ2) is 8.53. The van der Waals surface area contributed by atoms with E-state index >= 15 is 4.39 Å². The molecule has 0 aliphatic heterocycles. The van der Waals surface area contributed by atoms with Crippen LogP contribution in [0.3, 0.4) is 0 Å². The van der Waals surface area contributed by atoms with Crippen LogP contribution in [0.2, 0.25) is 0 Å². The summed E-state index contributed by atoms with van der Waals surface area (Å²) >= 11 is 0. The number of pyridine rings is 1. The van der Waals surface area contributed by atoms with Crippen LogP contribution >= 0.6 is 0 Å². The number of anilines is 1. The molecule has 0 saturated carbocycles. The van der Waals surface area contributed by atoms with E-state index in [0.29, 0.717) is 16.8 Å². The lowest BCUT2D eigenvalue weighted by atomic mass is 9.99. The first kappa shape index (κ1) is 20.5. The van der Waals surface area contributed by atoms with Gasteiger partial charge in [-0.25, -0.2) is 8.78 Å². The maximum Gasteiger partial charge on any atom is 0.307 e. The molecule has 0 atom stereocenters. The van der Waals surface area contributed by atoms with Gasteiger partial charge in [-0.2, -0.15) is 0 Å². The van der Waals surface area contributed by atoms with Crippen LogP contribution in [0.15, 0.2) is 59.3 Å². The quantitative estimate of drug-likeness (QED) is 0.405. The molecule has 4 N–H and O–H groups in total. The smallest absolute Gasteiger partial charge is 0.307 e. The normalized spacial score (nSPS) is 11.1. The monoisotopic (exact) mass is 423 g/mol. The summed E-state index contributed by atoms with van der Waals surface area (Å²) in [6.45, 7) is -0.00995. The SMILES string of the molecule is NCc1nccc(-c2cc(CNc3ccccc3CC(=O)O)c(F)c3ccoc23)c1F. The summed E-state index contributed by atoms with van der Waals surface area (Å²) in [6.07, 6.45) is 2.63. The summed E-state index contributed by atoms with van der Waals surface area (Å²) in [4.78, 5) is 15.0. The van der Waals surface area contributed by atoms with E-state index in [1.165, 1.54) is 30.7 Å². The minimum Gasteiger partial charge on any atom is -0.481 e. The molecule has 8 heteroatoms. The molecule has 4 aromatic rings. The highest BCUT2D eigenvalue weighted by Gasteiger charge is 2.20. The van der Waals surface area contributed by atoms with Crippen molar-refractivity contribution in [2.24, 2.45) is 5.73 Å². The molecule has 0 amide bonds. The fourth-order valence-electron chi connectivity index (χ4n) is 3.53. The van der Waals surface area contributed by atoms with Crippen molar-refractivity contribution in [1.29, 1.82) is 0 Å². The number of nitrogens with zero attached hydrogens (tertiary/aromatic N) is 1. The lowest BCUT2D eigenvalue weighted by Crippen LogP contribution is -2.08. The van der Waals surface area contributed by atoms with E-state index in [9.17, 15) is 9.18 Å². The van der Waals surface area contributed by atoms with Crippen molar-refractivity contribution >= 4 is 22.6 Å². The summed E-state index contributed by atoms with van der Waals surface area (Å²) in [7, 11) is 0. The number of rotatable bonds is 7. The Labute approximate surface area is 176 Å². The second-order valence-electron chi connectivity index (χ2n) is 6.97. The average Bonchev–Trinajstić information content (AvgIpc) is 3.25. The van der Waals surface area contributed by atoms with Crippen molar-refractivity contribution in [2.75, 3.05) is 5.32 Å². The Balaban J connectivity index is 1.76. The van der Waals surface area contributed by atoms with Gasteiger partial charge in [0.1, 0.15) is 11.4 Å². The maximum absolute atomic E-state index is 15.1. The van der Waals surface area contributed by atoms with Crippen molar-refractivity contribution in [1.82, 2.24) is 4.98 Å². The molecule has 0 aliphatic carbocycles. The molecule has 0 saturated heterocycles. The maximum atomic E-state index is 15.1. The zero-order chi connectivity index (χ0) is 22.0. The number of para-hydroxylation sites is 1. The van der Waals surface area contributed by atoms with Gasteiger partial charge in [-0.3, -0.25) is 9.78 Å². The third-order valence-electron chi connectivity index (χ3n) is 5.02. The van der Waals surface area contributed by atoms with E-state index in [1.807, 2.05) is 0 Å². The van der Waals surface area contributed by atoms with Gasteiger partial charge in [0.15, 0.2) is 5.82 Å². The molecule has 158 valence electrons. The van der Waals surface area contributed by atoms with Gasteiger partial charge in [-0.1, -0.05) is 18.2 Å². The Morgan fingerprint density at radius 3 is 2.68 bits per heavy atom. The average molecular weight is 423 g/mol. The van der Waals surface area contributed by atoms with Crippen LogP contribution in [0.25, 0.3) is 22.1 Å². The number of halogens is 2. The molecule has 31 heavy (non-hydrogen) atoms. The van der Waals surface area contributed by atoms with Crippen molar-refractivity contribution in [3.8, 4) is 11.1 Å². The molecule has 2 heterocycles. The van der Waals surface area contributed by atoms with Crippen molar-refractivity contribution in [3.63, 3.8) is 0 Å². The highest BCUT2D eigenvalue weighted by molar-refractivity contribution is 5.94. The van der Waals surface area contributed by atoms with E-state index in [2.05, 4.69) is 10.3 Å². The van der Waals surface area contributed by atoms with Crippen LogP contribution in [0.1, 0.15) is 16.8 Å². The van der Waals surface area contributed by atoms with Gasteiger partial charge in [0.2, 0.25) is 0 Å². The molecule has 0 fully saturated rings. The topological polar surface area (TPSA) is 101 Å². The fourth-order valence-corrected chi connectivity index (χ4v) is 3.53. The van der Waals surface area contributed by atoms with E-state index in [0.717, 1.165) is 0 Å². The molecule has 0 aliphatic rings. The van der Waals surface area contributed by atoms with E-state index in [1.54, 1.807) is 24.3 Å². The summed E-state index contributed by atoms with van der Waals surface area (Å²) < 4.78 is 35.5. The summed E-state index contributed by atoms with van der Waals surface area (Å²) in [5.41, 5.74) is 7.92. The number of nitrogens with two attached hydrogens (primary N) is 1. The van der Waals surface area contributed by atoms with E-state index < -0.39 is 17.6 Å². The number of benzene rings is 2. The predicted octanol–water partition coefficient (Wildman–Crippen LogP) is 4.47. The minimum atomic E-state index is -0.966. The van der Waals surface area contributed by atoms with Crippen LogP contribution in [0, 0.1) is 11.6 Å². The first-order valence-corrected chi connectivity index (χ1v) is 9.55. The Bertz CT molecular complexity index is 1270. The largest absolute Gasteiger partial charge is 0.481 e. The molecular formula is C23H19F2N3O3. The zero-order valence-electron chi connectivity index (χ0n) is 16.4. The molecule has 4 rings (SSSR count). The number of carboxylic acid groups (broad SMARTS) is 1. The summed E-state index contributed by atoms with van der Waals surface area (Å²) in [6, 6.07) is 11.4. The highest BCUT2D eigenvalue weighted by Crippen LogP contribution is 2.35. The number of furan rings is 1. The number of carbonyl (C=O) groups is 1. The Morgan fingerprint density at radius 2 is 1.90 bits per heavy atom. The number of carboxylic acids is 1. The first-order chi connectivity index (χ1) is 15.0. The van der Waals surface area contributed by atoms with Gasteiger partial charge >= 0.3 is 5.97 Å². The van der Waals surface area contributed by atoms with Gasteiger partial charge < -0.3 is 20.6 Å². The van der Waals surface area contributed by atoms with E-state index in [-0.39, 0.29) is 47.3 Å². The highest BCUT2D eigenvalue weighted by atomic mass is 19.1. The van der Waals surface area contributed by atoms with Gasteiger partial charge in [-0.05, 0) is 29.8 Å². The number of hydrogen-bond acceptors (Lipinski definition) is 5. The fraction of sp³-hybridized carbons (Fsp3) is 0.130. The second-order valence-corrected chi connectivity index (χ2v) is 6.97. The number of fused-ring (bicyclic) bond motifs is 1. The molecule has 0 bridgehead atoms. The molecule has 0 unspecified atom stereocenters. The lowest BCUT2D eigenvalue weighted by Gasteiger charge is -2.14. The predicted molar refractivity (Wildman–Crippen MR) is 112 cm³/mol. The van der Waals surface area contributed by atoms with Crippen LogP contribution in [-0.2, 0) is 24.3 Å². The van der Waals surface area contributed by atoms with Crippen LogP contribution < -0.4 is 11.1 Å². The molecular weight excluding hydrogens is 404 g/mol. The van der Waals surface area contributed by atoms with Gasteiger partial charge in [0.05, 0.1) is 23.8 Å². The molecule has 2 aromatic carbocycles. The van der Waals surface area contributed by atoms with Crippen LogP contribution in [-0.4, -0.2) is 16.1 Å². The van der Waals surface area contributed by atoms with E-state index in [4.69, 9.17) is 15.3 Å². The number of aromatic nitrogens is 1. The van der Waals surface area contributed by atoms with Gasteiger partial charge in [0, 0.05) is 41.7 Å². The number of nitrogens with one attached hydrogen (secondary N) is 1. The van der Waals surface area contributed by atoms with Crippen molar-refractivity contribution in [3.05, 3.63) is 83.4 Å². The van der Waals surface area contributed by atoms with Gasteiger partial charge in [-0.15, -0.1) is 0 Å². The third-order valence-corrected chi connectivity index (χ3v) is 5.02. The van der Waals surface area contributed by atoms with Crippen LogP contribution in [0.5, 0.6) is 0 Å². The number of hydrogen-bond donors (Lipinski definition) is 3. The Morgan fingerprint density at radius 1 is 1.10 bits per heavy atom. The van der Waals surface area contributed by atoms with Crippen LogP contribution in [0.4, 0.5) is 14.5 Å². The lowest BCUT2D eigenvalue weighted by molar-refractivity contribution is -0.136. The third kappa shape index (κ3) is 3.97. The summed E-state index contributed by atoms with van der Waals surface area (Å²) in [5, 5.41) is 12.4. The Kier molecular flexibility index (Phi) is 5.64. The zero-order valence-corrected chi connectivity index (χ0v) is 16.4. The molecule has 0 radical (unpaired) electrons. The Hall–Kier alpha value is -3.78. The molecule has 0 spiro atoms. The molecule has 2 aromatic heterocycles. The molecule has 6 nitrogen and oxygen atoms in total. The standard InChI is InChI=1S/C23H19F2N3O3/c24-21-14(12-28-18-4-2-1-3-13(18)10-20(29)30)9-17(23-16(21)6-8-31-23)15-5-7-27-19(11-26)22(15)25/h1-9,28H,10-12,26H2,(H,29,30). The first-order valence-electron chi connectivity index (χ1n) is 9.55. The van der Waals surface area contributed by atoms with Crippen molar-refractivity contribution < 1.29 is 23.1 Å².